The van der Waals surface area contributed by atoms with Gasteiger partial charge in [0.25, 0.3) is 0 Å². The Morgan fingerprint density at radius 1 is 1.30 bits per heavy atom. The van der Waals surface area contributed by atoms with Crippen LogP contribution in [-0.2, 0) is 6.42 Å². The van der Waals surface area contributed by atoms with Crippen LogP contribution in [0, 0.1) is 12.7 Å². The van der Waals surface area contributed by atoms with Crippen LogP contribution in [0.4, 0.5) is 21.7 Å². The zero-order valence-electron chi connectivity index (χ0n) is 11.2. The minimum Gasteiger partial charge on any atom is -0.340 e. The highest BCUT2D eigenvalue weighted by Crippen LogP contribution is 2.26. The average molecular weight is 296 g/mol. The first-order valence-electron chi connectivity index (χ1n) is 6.11. The summed E-state index contributed by atoms with van der Waals surface area (Å²) in [6.07, 6.45) is 0.674. The lowest BCUT2D eigenvalue weighted by atomic mass is 10.2. The molecule has 0 aliphatic rings. The van der Waals surface area contributed by atoms with E-state index in [4.69, 9.17) is 17.4 Å². The number of anilines is 3. The number of nitrogens with zero attached hydrogens (tertiary/aromatic N) is 2. The van der Waals surface area contributed by atoms with Crippen molar-refractivity contribution in [2.75, 3.05) is 10.7 Å². The zero-order chi connectivity index (χ0) is 14.7. The molecule has 2 aromatic rings. The van der Waals surface area contributed by atoms with E-state index in [-0.39, 0.29) is 5.02 Å². The number of nitrogen functional groups attached to an aromatic ring is 1. The van der Waals surface area contributed by atoms with E-state index >= 15 is 0 Å². The molecular formula is C13H15ClFN5. The molecule has 20 heavy (non-hydrogen) atoms. The maximum absolute atomic E-state index is 13.1. The van der Waals surface area contributed by atoms with E-state index in [1.807, 2.05) is 13.8 Å². The van der Waals surface area contributed by atoms with Crippen molar-refractivity contribution in [3.63, 3.8) is 0 Å². The van der Waals surface area contributed by atoms with E-state index in [1.165, 1.54) is 12.1 Å². The van der Waals surface area contributed by atoms with E-state index in [2.05, 4.69) is 20.7 Å². The molecule has 0 radical (unpaired) electrons. The monoisotopic (exact) mass is 295 g/mol. The molecule has 106 valence electrons. The Bertz CT molecular complexity index is 632. The Hall–Kier alpha value is -1.92. The molecule has 1 heterocycles. The van der Waals surface area contributed by atoms with Crippen molar-refractivity contribution in [2.45, 2.75) is 20.3 Å². The third-order valence-electron chi connectivity index (χ3n) is 2.83. The zero-order valence-corrected chi connectivity index (χ0v) is 11.9. The maximum Gasteiger partial charge on any atom is 0.148 e. The molecule has 0 saturated heterocycles. The van der Waals surface area contributed by atoms with Gasteiger partial charge in [0.05, 0.1) is 5.02 Å². The standard InChI is InChI=1S/C13H15ClFN5/c1-3-11-18-12(7(2)13(19-11)20-16)17-8-4-5-10(15)9(14)6-8/h4-6H,3,16H2,1-2H3,(H2,17,18,19,20). The number of halogens is 2. The molecule has 0 saturated carbocycles. The Labute approximate surface area is 121 Å². The van der Waals surface area contributed by atoms with E-state index in [1.54, 1.807) is 6.07 Å². The van der Waals surface area contributed by atoms with Crippen LogP contribution in [0.25, 0.3) is 0 Å². The molecule has 0 aliphatic carbocycles. The van der Waals surface area contributed by atoms with Crippen molar-refractivity contribution in [1.29, 1.82) is 0 Å². The van der Waals surface area contributed by atoms with Gasteiger partial charge in [0.15, 0.2) is 0 Å². The molecule has 0 unspecified atom stereocenters. The normalized spacial score (nSPS) is 10.4. The summed E-state index contributed by atoms with van der Waals surface area (Å²) < 4.78 is 13.1. The molecule has 0 fully saturated rings. The van der Waals surface area contributed by atoms with E-state index in [9.17, 15) is 4.39 Å². The summed E-state index contributed by atoms with van der Waals surface area (Å²) in [5, 5.41) is 3.14. The number of aromatic nitrogens is 2. The molecule has 1 aromatic carbocycles. The Kier molecular flexibility index (Phi) is 4.36. The quantitative estimate of drug-likeness (QED) is 0.596. The first kappa shape index (κ1) is 14.5. The second kappa shape index (κ2) is 6.02. The smallest absolute Gasteiger partial charge is 0.148 e. The molecular weight excluding hydrogens is 281 g/mol. The van der Waals surface area contributed by atoms with Crippen molar-refractivity contribution < 1.29 is 4.39 Å². The fourth-order valence-electron chi connectivity index (χ4n) is 1.69. The molecule has 0 aliphatic heterocycles. The summed E-state index contributed by atoms with van der Waals surface area (Å²) in [6.45, 7) is 3.78. The molecule has 0 bridgehead atoms. The summed E-state index contributed by atoms with van der Waals surface area (Å²) in [5.41, 5.74) is 3.95. The van der Waals surface area contributed by atoms with Gasteiger partial charge < -0.3 is 10.7 Å². The lowest BCUT2D eigenvalue weighted by Gasteiger charge is -2.13. The van der Waals surface area contributed by atoms with E-state index in [0.717, 1.165) is 5.56 Å². The number of nitrogens with one attached hydrogen (secondary N) is 2. The number of hydrogen-bond acceptors (Lipinski definition) is 5. The van der Waals surface area contributed by atoms with Gasteiger partial charge in [-0.15, -0.1) is 0 Å². The van der Waals surface area contributed by atoms with Gasteiger partial charge in [-0.1, -0.05) is 18.5 Å². The predicted molar refractivity (Wildman–Crippen MR) is 78.6 cm³/mol. The molecule has 0 atom stereocenters. The number of rotatable bonds is 4. The average Bonchev–Trinajstić information content (AvgIpc) is 2.45. The maximum atomic E-state index is 13.1. The van der Waals surface area contributed by atoms with Crippen LogP contribution in [0.3, 0.4) is 0 Å². The first-order chi connectivity index (χ1) is 9.55. The van der Waals surface area contributed by atoms with Gasteiger partial charge in [0, 0.05) is 17.7 Å². The third kappa shape index (κ3) is 2.97. The highest BCUT2D eigenvalue weighted by atomic mass is 35.5. The van der Waals surface area contributed by atoms with Gasteiger partial charge in [0.1, 0.15) is 23.3 Å². The second-order valence-electron chi connectivity index (χ2n) is 4.21. The van der Waals surface area contributed by atoms with Crippen molar-refractivity contribution >= 4 is 28.9 Å². The number of hydrogen-bond donors (Lipinski definition) is 3. The molecule has 7 heteroatoms. The summed E-state index contributed by atoms with van der Waals surface area (Å²) in [4.78, 5) is 8.66. The van der Waals surface area contributed by atoms with Crippen molar-refractivity contribution in [2.24, 2.45) is 5.84 Å². The van der Waals surface area contributed by atoms with E-state index in [0.29, 0.717) is 29.6 Å². The van der Waals surface area contributed by atoms with Crippen LogP contribution < -0.4 is 16.6 Å². The molecule has 0 spiro atoms. The number of hydrazine groups is 1. The fourth-order valence-corrected chi connectivity index (χ4v) is 1.87. The van der Waals surface area contributed by atoms with Crippen molar-refractivity contribution in [3.05, 3.63) is 40.4 Å². The van der Waals surface area contributed by atoms with Gasteiger partial charge in [-0.25, -0.2) is 20.2 Å². The van der Waals surface area contributed by atoms with Gasteiger partial charge in [-0.05, 0) is 25.1 Å². The fraction of sp³-hybridized carbons (Fsp3) is 0.231. The minimum atomic E-state index is -0.463. The van der Waals surface area contributed by atoms with Gasteiger partial charge >= 0.3 is 0 Å². The summed E-state index contributed by atoms with van der Waals surface area (Å²) >= 11 is 5.76. The first-order valence-corrected chi connectivity index (χ1v) is 6.49. The van der Waals surface area contributed by atoms with Gasteiger partial charge in [0.2, 0.25) is 0 Å². The number of nitrogens with two attached hydrogens (primary N) is 1. The Morgan fingerprint density at radius 3 is 2.60 bits per heavy atom. The molecule has 5 nitrogen and oxygen atoms in total. The van der Waals surface area contributed by atoms with Crippen LogP contribution in [0.2, 0.25) is 5.02 Å². The van der Waals surface area contributed by atoms with Crippen LogP contribution >= 0.6 is 11.6 Å². The third-order valence-corrected chi connectivity index (χ3v) is 3.12. The highest BCUT2D eigenvalue weighted by molar-refractivity contribution is 6.31. The van der Waals surface area contributed by atoms with Gasteiger partial charge in [-0.2, -0.15) is 0 Å². The minimum absolute atomic E-state index is 0.0506. The summed E-state index contributed by atoms with van der Waals surface area (Å²) in [5.74, 6) is 6.78. The highest BCUT2D eigenvalue weighted by Gasteiger charge is 2.10. The molecule has 4 N–H and O–H groups in total. The lowest BCUT2D eigenvalue weighted by Crippen LogP contribution is -2.13. The SMILES string of the molecule is CCc1nc(NN)c(C)c(Nc2ccc(F)c(Cl)c2)n1. The largest absolute Gasteiger partial charge is 0.340 e. The van der Waals surface area contributed by atoms with Crippen molar-refractivity contribution in [3.8, 4) is 0 Å². The van der Waals surface area contributed by atoms with Crippen LogP contribution in [-0.4, -0.2) is 9.97 Å². The second-order valence-corrected chi connectivity index (χ2v) is 4.62. The Balaban J connectivity index is 2.39. The Morgan fingerprint density at radius 2 is 2.00 bits per heavy atom. The summed E-state index contributed by atoms with van der Waals surface area (Å²) in [6, 6.07) is 4.38. The topological polar surface area (TPSA) is 75.9 Å². The van der Waals surface area contributed by atoms with E-state index < -0.39 is 5.82 Å². The number of benzene rings is 1. The number of aryl methyl sites for hydroxylation is 1. The van der Waals surface area contributed by atoms with Crippen molar-refractivity contribution in [1.82, 2.24) is 9.97 Å². The van der Waals surface area contributed by atoms with Crippen LogP contribution in [0.5, 0.6) is 0 Å². The predicted octanol–water partition coefficient (Wildman–Crippen LogP) is 3.17. The van der Waals surface area contributed by atoms with Crippen LogP contribution in [0.1, 0.15) is 18.3 Å². The molecule has 1 aromatic heterocycles. The molecule has 0 amide bonds. The lowest BCUT2D eigenvalue weighted by molar-refractivity contribution is 0.628. The van der Waals surface area contributed by atoms with Gasteiger partial charge in [-0.3, -0.25) is 0 Å². The molecule has 2 rings (SSSR count). The van der Waals surface area contributed by atoms with Crippen LogP contribution in [0.15, 0.2) is 18.2 Å². The summed E-state index contributed by atoms with van der Waals surface area (Å²) in [7, 11) is 0.